The molecule has 1 N–H and O–H groups in total. The first-order chi connectivity index (χ1) is 10.6. The van der Waals surface area contributed by atoms with Crippen LogP contribution in [0.15, 0.2) is 35.1 Å². The molecule has 1 aromatic carbocycles. The maximum absolute atomic E-state index is 12.1. The van der Waals surface area contributed by atoms with Crippen molar-refractivity contribution in [1.29, 1.82) is 0 Å². The van der Waals surface area contributed by atoms with E-state index in [4.69, 9.17) is 18.6 Å². The summed E-state index contributed by atoms with van der Waals surface area (Å²) in [6.45, 7) is 0. The SMILES string of the molecule is COC(=O)c1cc(OC)c(OC)cc1NC(=O)c1ccoc1. The molecule has 0 aliphatic carbocycles. The largest absolute Gasteiger partial charge is 0.493 e. The Hall–Kier alpha value is -2.96. The van der Waals surface area contributed by atoms with Crippen LogP contribution in [0.25, 0.3) is 0 Å². The molecule has 0 aliphatic rings. The van der Waals surface area contributed by atoms with Crippen LogP contribution in [-0.2, 0) is 4.74 Å². The van der Waals surface area contributed by atoms with Gasteiger partial charge in [-0.05, 0) is 6.07 Å². The Morgan fingerprint density at radius 3 is 2.32 bits per heavy atom. The van der Waals surface area contributed by atoms with Gasteiger partial charge < -0.3 is 23.9 Å². The minimum absolute atomic E-state index is 0.150. The molecule has 7 heteroatoms. The van der Waals surface area contributed by atoms with Gasteiger partial charge in [0.05, 0.1) is 44.4 Å². The number of carbonyl (C=O) groups is 2. The van der Waals surface area contributed by atoms with Crippen LogP contribution >= 0.6 is 0 Å². The zero-order valence-electron chi connectivity index (χ0n) is 12.3. The first-order valence-corrected chi connectivity index (χ1v) is 6.28. The number of benzene rings is 1. The fraction of sp³-hybridized carbons (Fsp3) is 0.200. The van der Waals surface area contributed by atoms with Crippen LogP contribution in [0.5, 0.6) is 11.5 Å². The lowest BCUT2D eigenvalue weighted by Gasteiger charge is -2.14. The van der Waals surface area contributed by atoms with E-state index in [-0.39, 0.29) is 11.3 Å². The van der Waals surface area contributed by atoms with Crippen LogP contribution in [-0.4, -0.2) is 33.2 Å². The van der Waals surface area contributed by atoms with E-state index in [0.29, 0.717) is 17.1 Å². The molecule has 1 heterocycles. The number of ether oxygens (including phenoxy) is 3. The van der Waals surface area contributed by atoms with Crippen LogP contribution < -0.4 is 14.8 Å². The maximum atomic E-state index is 12.1. The molecule has 0 bridgehead atoms. The predicted octanol–water partition coefficient (Wildman–Crippen LogP) is 2.34. The van der Waals surface area contributed by atoms with Crippen LogP contribution in [0, 0.1) is 0 Å². The highest BCUT2D eigenvalue weighted by Crippen LogP contribution is 2.34. The molecule has 0 atom stereocenters. The summed E-state index contributed by atoms with van der Waals surface area (Å²) in [6, 6.07) is 4.44. The van der Waals surface area contributed by atoms with E-state index in [1.165, 1.54) is 52.1 Å². The number of methoxy groups -OCH3 is 3. The number of esters is 1. The van der Waals surface area contributed by atoms with Gasteiger partial charge in [0.2, 0.25) is 0 Å². The van der Waals surface area contributed by atoms with Gasteiger partial charge in [-0.15, -0.1) is 0 Å². The molecule has 116 valence electrons. The summed E-state index contributed by atoms with van der Waals surface area (Å²) in [6.07, 6.45) is 2.68. The quantitative estimate of drug-likeness (QED) is 0.853. The molecule has 0 aliphatic heterocycles. The first kappa shape index (κ1) is 15.4. The molecule has 0 saturated heterocycles. The molecule has 0 spiro atoms. The summed E-state index contributed by atoms with van der Waals surface area (Å²) in [4.78, 5) is 24.0. The monoisotopic (exact) mass is 305 g/mol. The number of hydrogen-bond donors (Lipinski definition) is 1. The minimum Gasteiger partial charge on any atom is -0.493 e. The van der Waals surface area contributed by atoms with E-state index >= 15 is 0 Å². The molecule has 0 unspecified atom stereocenters. The summed E-state index contributed by atoms with van der Waals surface area (Å²) in [5, 5.41) is 2.62. The lowest BCUT2D eigenvalue weighted by Crippen LogP contribution is -2.15. The topological polar surface area (TPSA) is 87.0 Å². The Balaban J connectivity index is 2.43. The molecule has 22 heavy (non-hydrogen) atoms. The number of nitrogens with one attached hydrogen (secondary N) is 1. The van der Waals surface area contributed by atoms with E-state index in [1.807, 2.05) is 0 Å². The number of rotatable bonds is 5. The number of furan rings is 1. The highest BCUT2D eigenvalue weighted by Gasteiger charge is 2.19. The Labute approximate surface area is 126 Å². The van der Waals surface area contributed by atoms with Crippen molar-refractivity contribution in [2.75, 3.05) is 26.6 Å². The molecule has 0 fully saturated rings. The smallest absolute Gasteiger partial charge is 0.340 e. The third-order valence-corrected chi connectivity index (χ3v) is 2.96. The van der Waals surface area contributed by atoms with Gasteiger partial charge in [-0.25, -0.2) is 4.79 Å². The van der Waals surface area contributed by atoms with Crippen molar-refractivity contribution < 1.29 is 28.2 Å². The third-order valence-electron chi connectivity index (χ3n) is 2.96. The van der Waals surface area contributed by atoms with E-state index < -0.39 is 11.9 Å². The highest BCUT2D eigenvalue weighted by molar-refractivity contribution is 6.08. The number of amides is 1. The van der Waals surface area contributed by atoms with E-state index in [0.717, 1.165) is 0 Å². The number of carbonyl (C=O) groups excluding carboxylic acids is 2. The van der Waals surface area contributed by atoms with Gasteiger partial charge in [0.15, 0.2) is 11.5 Å². The fourth-order valence-corrected chi connectivity index (χ4v) is 1.85. The van der Waals surface area contributed by atoms with E-state index in [2.05, 4.69) is 5.32 Å². The molecular weight excluding hydrogens is 290 g/mol. The zero-order valence-corrected chi connectivity index (χ0v) is 12.3. The molecule has 1 amide bonds. The summed E-state index contributed by atoms with van der Waals surface area (Å²) in [5.74, 6) is -0.309. The average Bonchev–Trinajstić information content (AvgIpc) is 3.08. The zero-order chi connectivity index (χ0) is 16.1. The lowest BCUT2D eigenvalue weighted by molar-refractivity contribution is 0.0601. The van der Waals surface area contributed by atoms with Crippen LogP contribution in [0.2, 0.25) is 0 Å². The predicted molar refractivity (Wildman–Crippen MR) is 77.5 cm³/mol. The Morgan fingerprint density at radius 1 is 1.09 bits per heavy atom. The van der Waals surface area contributed by atoms with Gasteiger partial charge in [0.1, 0.15) is 6.26 Å². The van der Waals surface area contributed by atoms with Crippen LogP contribution in [0.1, 0.15) is 20.7 Å². The standard InChI is InChI=1S/C15H15NO6/c1-19-12-6-10(15(18)21-3)11(7-13(12)20-2)16-14(17)9-4-5-22-8-9/h4-8H,1-3H3,(H,16,17). The summed E-state index contributed by atoms with van der Waals surface area (Å²) in [7, 11) is 4.15. The third kappa shape index (κ3) is 3.03. The highest BCUT2D eigenvalue weighted by atomic mass is 16.5. The van der Waals surface area contributed by atoms with Crippen LogP contribution in [0.3, 0.4) is 0 Å². The Bertz CT molecular complexity index is 678. The second kappa shape index (κ2) is 6.66. The second-order valence-electron chi connectivity index (χ2n) is 4.21. The van der Waals surface area contributed by atoms with Crippen molar-refractivity contribution in [2.24, 2.45) is 0 Å². The summed E-state index contributed by atoms with van der Waals surface area (Å²) >= 11 is 0. The molecular formula is C15H15NO6. The van der Waals surface area contributed by atoms with Gasteiger partial charge in [0.25, 0.3) is 5.91 Å². The van der Waals surface area contributed by atoms with Crippen LogP contribution in [0.4, 0.5) is 5.69 Å². The lowest BCUT2D eigenvalue weighted by atomic mass is 10.1. The maximum Gasteiger partial charge on any atom is 0.340 e. The summed E-state index contributed by atoms with van der Waals surface area (Å²) in [5.41, 5.74) is 0.721. The van der Waals surface area contributed by atoms with Crippen molar-refractivity contribution in [3.63, 3.8) is 0 Å². The number of anilines is 1. The van der Waals surface area contributed by atoms with Crippen molar-refractivity contribution in [3.05, 3.63) is 41.9 Å². The van der Waals surface area contributed by atoms with Gasteiger partial charge in [0, 0.05) is 12.1 Å². The molecule has 7 nitrogen and oxygen atoms in total. The molecule has 2 rings (SSSR count). The summed E-state index contributed by atoms with van der Waals surface area (Å²) < 4.78 is 19.9. The number of hydrogen-bond acceptors (Lipinski definition) is 6. The fourth-order valence-electron chi connectivity index (χ4n) is 1.85. The van der Waals surface area contributed by atoms with Gasteiger partial charge in [-0.3, -0.25) is 4.79 Å². The van der Waals surface area contributed by atoms with Crippen molar-refractivity contribution in [2.45, 2.75) is 0 Å². The minimum atomic E-state index is -0.608. The normalized spacial score (nSPS) is 9.95. The first-order valence-electron chi connectivity index (χ1n) is 6.28. The van der Waals surface area contributed by atoms with E-state index in [1.54, 1.807) is 0 Å². The van der Waals surface area contributed by atoms with Gasteiger partial charge >= 0.3 is 5.97 Å². The van der Waals surface area contributed by atoms with E-state index in [9.17, 15) is 9.59 Å². The molecule has 2 aromatic rings. The van der Waals surface area contributed by atoms with Gasteiger partial charge in [-0.2, -0.15) is 0 Å². The molecule has 1 aromatic heterocycles. The second-order valence-corrected chi connectivity index (χ2v) is 4.21. The van der Waals surface area contributed by atoms with Crippen molar-refractivity contribution in [3.8, 4) is 11.5 Å². The Morgan fingerprint density at radius 2 is 1.77 bits per heavy atom. The Kier molecular flexibility index (Phi) is 4.67. The van der Waals surface area contributed by atoms with Crippen molar-refractivity contribution in [1.82, 2.24) is 0 Å². The molecule has 0 radical (unpaired) electrons. The van der Waals surface area contributed by atoms with Gasteiger partial charge in [-0.1, -0.05) is 0 Å². The van der Waals surface area contributed by atoms with Crippen molar-refractivity contribution >= 4 is 17.6 Å². The average molecular weight is 305 g/mol. The molecule has 0 saturated carbocycles.